The van der Waals surface area contributed by atoms with E-state index in [1.807, 2.05) is 12.1 Å². The van der Waals surface area contributed by atoms with Crippen LogP contribution in [-0.2, 0) is 33.1 Å². The third-order valence-corrected chi connectivity index (χ3v) is 14.7. The Kier molecular flexibility index (Phi) is 45.6. The zero-order valence-corrected chi connectivity index (χ0v) is 46.1. The molecule has 0 unspecified atom stereocenters. The summed E-state index contributed by atoms with van der Waals surface area (Å²) in [5.74, 6) is 0. The van der Waals surface area contributed by atoms with E-state index in [1.165, 1.54) is 268 Å². The van der Waals surface area contributed by atoms with Crippen LogP contribution in [0.3, 0.4) is 0 Å². The Labute approximate surface area is 433 Å². The number of aryl methyl sites for hydroxylation is 2. The van der Waals surface area contributed by atoms with Gasteiger partial charge in [0, 0.05) is 0 Å². The molecule has 372 valence electrons. The van der Waals surface area contributed by atoms with Crippen molar-refractivity contribution in [2.75, 3.05) is 0 Å². The van der Waals surface area contributed by atoms with Gasteiger partial charge in [-0.2, -0.15) is 0 Å². The minimum atomic E-state index is -4.34. The smallest absolute Gasteiger partial charge is 0.744 e. The zero-order valence-electron chi connectivity index (χ0n) is 42.3. The van der Waals surface area contributed by atoms with E-state index in [0.717, 1.165) is 36.8 Å². The molecule has 0 atom stereocenters. The van der Waals surface area contributed by atoms with Crippen LogP contribution >= 0.6 is 0 Å². The Morgan fingerprint density at radius 3 is 0.677 bits per heavy atom. The number of unbranched alkanes of at least 4 members (excludes halogenated alkanes) is 38. The Bertz CT molecular complexity index is 1430. The number of benzene rings is 2. The summed E-state index contributed by atoms with van der Waals surface area (Å²) in [6.07, 6.45) is 56.5. The largest absolute Gasteiger partial charge is 2.00 e. The van der Waals surface area contributed by atoms with E-state index in [9.17, 15) is 25.9 Å². The van der Waals surface area contributed by atoms with Crippen LogP contribution in [0.5, 0.6) is 0 Å². The topological polar surface area (TPSA) is 114 Å². The summed E-state index contributed by atoms with van der Waals surface area (Å²) in [7, 11) is -8.68. The van der Waals surface area contributed by atoms with Crippen molar-refractivity contribution in [2.45, 2.75) is 293 Å². The molecular weight excluding hydrogens is 873 g/mol. The fourth-order valence-electron chi connectivity index (χ4n) is 8.88. The number of hydrogen-bond acceptors (Lipinski definition) is 6. The predicted octanol–water partition coefficient (Wildman–Crippen LogP) is 17.5. The summed E-state index contributed by atoms with van der Waals surface area (Å²) in [5, 5.41) is 0. The molecule has 0 saturated carbocycles. The van der Waals surface area contributed by atoms with Gasteiger partial charge in [-0.15, -0.1) is 0 Å². The molecule has 2 aromatic rings. The molecule has 0 amide bonds. The van der Waals surface area contributed by atoms with Crippen molar-refractivity contribution < 1.29 is 25.9 Å². The van der Waals surface area contributed by atoms with Crippen molar-refractivity contribution in [1.82, 2.24) is 0 Å². The Hall–Kier alpha value is -0.480. The van der Waals surface area contributed by atoms with Crippen LogP contribution in [-0.4, -0.2) is 63.7 Å². The Morgan fingerprint density at radius 1 is 0.308 bits per heavy atom. The molecule has 0 aromatic heterocycles. The van der Waals surface area contributed by atoms with Crippen LogP contribution < -0.4 is 0 Å². The van der Waals surface area contributed by atoms with Gasteiger partial charge in [-0.3, -0.25) is 0 Å². The van der Waals surface area contributed by atoms with E-state index in [-0.39, 0.29) is 47.5 Å². The predicted molar refractivity (Wildman–Crippen MR) is 278 cm³/mol. The van der Waals surface area contributed by atoms with E-state index in [2.05, 4.69) is 13.8 Å². The third-order valence-electron chi connectivity index (χ3n) is 13.0. The van der Waals surface area contributed by atoms with Crippen molar-refractivity contribution in [2.24, 2.45) is 0 Å². The minimum Gasteiger partial charge on any atom is -0.744 e. The summed E-state index contributed by atoms with van der Waals surface area (Å²) < 4.78 is 66.5. The van der Waals surface area contributed by atoms with E-state index in [1.54, 1.807) is 12.1 Å². The van der Waals surface area contributed by atoms with Gasteiger partial charge in [-0.05, 0) is 61.1 Å². The van der Waals surface area contributed by atoms with Crippen molar-refractivity contribution in [1.29, 1.82) is 0 Å². The molecule has 0 N–H and O–H groups in total. The Balaban J connectivity index is 0.00000124. The van der Waals surface area contributed by atoms with E-state index in [4.69, 9.17) is 0 Å². The van der Waals surface area contributed by atoms with Crippen molar-refractivity contribution >= 4 is 58.0 Å². The van der Waals surface area contributed by atoms with Crippen LogP contribution in [0.1, 0.15) is 282 Å². The van der Waals surface area contributed by atoms with Gasteiger partial charge in [-0.1, -0.05) is 282 Å². The molecule has 9 heteroatoms. The summed E-state index contributed by atoms with van der Waals surface area (Å²) >= 11 is 0. The summed E-state index contributed by atoms with van der Waals surface area (Å²) in [4.78, 5) is -0.216. The maximum absolute atomic E-state index is 11.1. The quantitative estimate of drug-likeness (QED) is 0.0371. The molecule has 0 fully saturated rings. The molecule has 2 rings (SSSR count). The Morgan fingerprint density at radius 2 is 0.492 bits per heavy atom. The van der Waals surface area contributed by atoms with Gasteiger partial charge in [0.05, 0.1) is 9.79 Å². The summed E-state index contributed by atoms with van der Waals surface area (Å²) in [6.45, 7) is 4.56. The van der Waals surface area contributed by atoms with Gasteiger partial charge in [0.25, 0.3) is 0 Å². The standard InChI is InChI=1S/2C28H50O3S.Ca/c2*1-2-3-4-5-6-7-8-9-10-11-12-13-14-15-16-17-18-19-20-21-23-27-24-22-25-28(26-27)32(29,30)31;/h2*22,24-26H,2-21,23H2,1H3,(H,29,30,31);/q;;+2/p-2. The molecule has 0 bridgehead atoms. The minimum absolute atomic E-state index is 0. The molecule has 2 aromatic carbocycles. The second-order valence-electron chi connectivity index (χ2n) is 19.1. The molecule has 0 saturated heterocycles. The van der Waals surface area contributed by atoms with E-state index >= 15 is 0 Å². The van der Waals surface area contributed by atoms with E-state index < -0.39 is 20.2 Å². The van der Waals surface area contributed by atoms with Crippen LogP contribution in [0.25, 0.3) is 0 Å². The van der Waals surface area contributed by atoms with Crippen LogP contribution in [0.2, 0.25) is 0 Å². The number of rotatable bonds is 44. The normalized spacial score (nSPS) is 11.6. The van der Waals surface area contributed by atoms with Gasteiger partial charge in [0.15, 0.2) is 0 Å². The third kappa shape index (κ3) is 42.2. The molecule has 65 heavy (non-hydrogen) atoms. The molecule has 0 aliphatic heterocycles. The molecule has 0 heterocycles. The first-order valence-electron chi connectivity index (χ1n) is 27.2. The molecule has 0 aliphatic carbocycles. The van der Waals surface area contributed by atoms with Gasteiger partial charge < -0.3 is 9.11 Å². The molecule has 0 spiro atoms. The van der Waals surface area contributed by atoms with Crippen LogP contribution in [0.15, 0.2) is 58.3 Å². The average Bonchev–Trinajstić information content (AvgIpc) is 3.27. The van der Waals surface area contributed by atoms with Crippen LogP contribution in [0, 0.1) is 0 Å². The number of hydrogen-bond donors (Lipinski definition) is 0. The zero-order chi connectivity index (χ0) is 46.7. The summed E-state index contributed by atoms with van der Waals surface area (Å²) in [6, 6.07) is 12.9. The first-order valence-corrected chi connectivity index (χ1v) is 30.0. The maximum atomic E-state index is 11.1. The second-order valence-corrected chi connectivity index (χ2v) is 21.9. The first kappa shape index (κ1) is 64.5. The average molecular weight is 972 g/mol. The second kappa shape index (κ2) is 45.9. The monoisotopic (exact) mass is 971 g/mol. The van der Waals surface area contributed by atoms with Gasteiger partial charge >= 0.3 is 37.7 Å². The maximum Gasteiger partial charge on any atom is 2.00 e. The molecule has 0 aliphatic rings. The fourth-order valence-corrected chi connectivity index (χ4v) is 9.96. The van der Waals surface area contributed by atoms with Crippen molar-refractivity contribution in [3.05, 3.63) is 59.7 Å². The molecule has 0 radical (unpaired) electrons. The van der Waals surface area contributed by atoms with Crippen molar-refractivity contribution in [3.8, 4) is 0 Å². The molecular formula is C56H98CaO6S2. The van der Waals surface area contributed by atoms with Crippen molar-refractivity contribution in [3.63, 3.8) is 0 Å². The molecule has 6 nitrogen and oxygen atoms in total. The van der Waals surface area contributed by atoms with Gasteiger partial charge in [-0.25, -0.2) is 16.8 Å². The summed E-state index contributed by atoms with van der Waals surface area (Å²) in [5.41, 5.74) is 1.90. The van der Waals surface area contributed by atoms with Gasteiger partial charge in [0.2, 0.25) is 0 Å². The fraction of sp³-hybridized carbons (Fsp3) is 0.786. The first-order chi connectivity index (χ1) is 31.1. The SMILES string of the molecule is CCCCCCCCCCCCCCCCCCCCCCc1cccc(S(=O)(=O)[O-])c1.CCCCCCCCCCCCCCCCCCCCCCc1cccc(S(=O)(=O)[O-])c1.[Ca+2]. The van der Waals surface area contributed by atoms with Gasteiger partial charge in [0.1, 0.15) is 20.2 Å². The van der Waals surface area contributed by atoms with Crippen LogP contribution in [0.4, 0.5) is 0 Å². The van der Waals surface area contributed by atoms with E-state index in [0.29, 0.717) is 0 Å².